The summed E-state index contributed by atoms with van der Waals surface area (Å²) in [7, 11) is 0. The molecule has 1 aliphatic carbocycles. The van der Waals surface area contributed by atoms with Gasteiger partial charge in [-0.15, -0.1) is 0 Å². The normalized spacial score (nSPS) is 14.6. The number of aromatic amines is 2. The molecular formula is C12H16N6O. The summed E-state index contributed by atoms with van der Waals surface area (Å²) in [4.78, 5) is 12.1. The number of hydrogen-bond acceptors (Lipinski definition) is 4. The first-order chi connectivity index (χ1) is 9.20. The maximum atomic E-state index is 12.1. The summed E-state index contributed by atoms with van der Waals surface area (Å²) in [6.07, 6.45) is 4.69. The van der Waals surface area contributed by atoms with Crippen LogP contribution in [0.15, 0.2) is 6.20 Å². The molecule has 5 N–H and O–H groups in total. The Hall–Kier alpha value is -2.31. The van der Waals surface area contributed by atoms with Gasteiger partial charge in [-0.2, -0.15) is 10.2 Å². The van der Waals surface area contributed by atoms with E-state index in [4.69, 9.17) is 5.73 Å². The Morgan fingerprint density at radius 2 is 2.32 bits per heavy atom. The van der Waals surface area contributed by atoms with Crippen LogP contribution in [0.2, 0.25) is 0 Å². The summed E-state index contributed by atoms with van der Waals surface area (Å²) in [5.41, 5.74) is 8.50. The van der Waals surface area contributed by atoms with E-state index in [9.17, 15) is 4.79 Å². The zero-order valence-electron chi connectivity index (χ0n) is 10.7. The van der Waals surface area contributed by atoms with E-state index in [1.54, 1.807) is 6.20 Å². The molecule has 3 rings (SSSR count). The highest BCUT2D eigenvalue weighted by Gasteiger charge is 2.30. The second-order valence-electron chi connectivity index (χ2n) is 4.75. The van der Waals surface area contributed by atoms with Gasteiger partial charge in [0.05, 0.1) is 17.6 Å². The van der Waals surface area contributed by atoms with Crippen molar-refractivity contribution in [1.29, 1.82) is 0 Å². The van der Waals surface area contributed by atoms with Crippen molar-refractivity contribution in [3.8, 4) is 0 Å². The summed E-state index contributed by atoms with van der Waals surface area (Å²) in [6.45, 7) is 1.99. The van der Waals surface area contributed by atoms with Crippen LogP contribution in [0, 0.1) is 0 Å². The van der Waals surface area contributed by atoms with Crippen molar-refractivity contribution in [2.24, 2.45) is 0 Å². The summed E-state index contributed by atoms with van der Waals surface area (Å²) < 4.78 is 0. The number of nitrogen functional groups attached to an aromatic ring is 1. The molecule has 0 aromatic carbocycles. The second-order valence-corrected chi connectivity index (χ2v) is 4.75. The van der Waals surface area contributed by atoms with Crippen LogP contribution in [0.5, 0.6) is 0 Å². The molecule has 1 amide bonds. The molecule has 1 saturated carbocycles. The van der Waals surface area contributed by atoms with Gasteiger partial charge >= 0.3 is 0 Å². The highest BCUT2D eigenvalue weighted by Crippen LogP contribution is 2.42. The lowest BCUT2D eigenvalue weighted by Crippen LogP contribution is -2.15. The van der Waals surface area contributed by atoms with E-state index in [0.29, 0.717) is 17.4 Å². The number of aromatic nitrogens is 4. The molecule has 0 unspecified atom stereocenters. The van der Waals surface area contributed by atoms with E-state index in [-0.39, 0.29) is 11.6 Å². The highest BCUT2D eigenvalue weighted by atomic mass is 16.2. The first kappa shape index (κ1) is 11.8. The van der Waals surface area contributed by atoms with Crippen LogP contribution in [0.4, 0.5) is 11.5 Å². The number of hydrogen-bond donors (Lipinski definition) is 4. The molecule has 0 radical (unpaired) electrons. The average Bonchev–Trinajstić information content (AvgIpc) is 3.02. The van der Waals surface area contributed by atoms with Gasteiger partial charge in [0.2, 0.25) is 0 Å². The van der Waals surface area contributed by atoms with Crippen molar-refractivity contribution in [3.05, 3.63) is 23.1 Å². The topological polar surface area (TPSA) is 112 Å². The number of nitrogens with one attached hydrogen (secondary N) is 3. The molecule has 2 aromatic rings. The molecule has 1 fully saturated rings. The second kappa shape index (κ2) is 4.42. The number of nitrogens with two attached hydrogens (primary N) is 1. The van der Waals surface area contributed by atoms with Crippen molar-refractivity contribution in [3.63, 3.8) is 0 Å². The molecule has 0 bridgehead atoms. The van der Waals surface area contributed by atoms with Gasteiger partial charge in [0.25, 0.3) is 5.91 Å². The predicted octanol–water partition coefficient (Wildman–Crippen LogP) is 1.41. The van der Waals surface area contributed by atoms with E-state index in [2.05, 4.69) is 25.7 Å². The monoisotopic (exact) mass is 260 g/mol. The van der Waals surface area contributed by atoms with E-state index >= 15 is 0 Å². The van der Waals surface area contributed by atoms with Gasteiger partial charge < -0.3 is 11.1 Å². The molecule has 19 heavy (non-hydrogen) atoms. The third-order valence-electron chi connectivity index (χ3n) is 3.37. The number of carbonyl (C=O) groups excluding carboxylic acids is 1. The fourth-order valence-electron chi connectivity index (χ4n) is 2.08. The average molecular weight is 260 g/mol. The Morgan fingerprint density at radius 1 is 1.53 bits per heavy atom. The lowest BCUT2D eigenvalue weighted by molar-refractivity contribution is 0.102. The van der Waals surface area contributed by atoms with E-state index in [0.717, 1.165) is 30.5 Å². The van der Waals surface area contributed by atoms with Crippen molar-refractivity contribution in [2.75, 3.05) is 11.1 Å². The van der Waals surface area contributed by atoms with Crippen molar-refractivity contribution < 1.29 is 4.79 Å². The summed E-state index contributed by atoms with van der Waals surface area (Å²) >= 11 is 0. The molecule has 2 heterocycles. The number of carbonyl (C=O) groups is 1. The van der Waals surface area contributed by atoms with Crippen molar-refractivity contribution >= 4 is 17.4 Å². The van der Waals surface area contributed by atoms with Gasteiger partial charge in [-0.25, -0.2) is 0 Å². The smallest absolute Gasteiger partial charge is 0.279 e. The number of nitrogens with zero attached hydrogens (tertiary/aromatic N) is 2. The standard InChI is InChI=1S/C12H16N6O/c1-2-6-5-14-18-11(6)15-12(19)10-8(13)9(16-17-10)7-3-4-7/h5,7H,2-4,13H2,1H3,(H,16,17)(H2,14,15,18,19). The molecule has 100 valence electrons. The van der Waals surface area contributed by atoms with Crippen molar-refractivity contribution in [1.82, 2.24) is 20.4 Å². The molecule has 7 heteroatoms. The number of anilines is 2. The largest absolute Gasteiger partial charge is 0.395 e. The van der Waals surface area contributed by atoms with Crippen molar-refractivity contribution in [2.45, 2.75) is 32.1 Å². The Kier molecular flexibility index (Phi) is 2.73. The number of aryl methyl sites for hydroxylation is 1. The SMILES string of the molecule is CCc1cn[nH]c1NC(=O)c1n[nH]c(C2CC2)c1N. The third-order valence-corrected chi connectivity index (χ3v) is 3.37. The molecule has 0 spiro atoms. The third kappa shape index (κ3) is 2.07. The van der Waals surface area contributed by atoms with Gasteiger partial charge in [0.15, 0.2) is 5.69 Å². The quantitative estimate of drug-likeness (QED) is 0.665. The Morgan fingerprint density at radius 3 is 3.00 bits per heavy atom. The minimum Gasteiger partial charge on any atom is -0.395 e. The molecule has 0 atom stereocenters. The summed E-state index contributed by atoms with van der Waals surface area (Å²) in [5, 5.41) is 16.3. The van der Waals surface area contributed by atoms with E-state index in [1.165, 1.54) is 0 Å². The minimum atomic E-state index is -0.320. The zero-order valence-corrected chi connectivity index (χ0v) is 10.7. The first-order valence-corrected chi connectivity index (χ1v) is 6.38. The molecule has 7 nitrogen and oxygen atoms in total. The maximum Gasteiger partial charge on any atom is 0.279 e. The molecular weight excluding hydrogens is 244 g/mol. The van der Waals surface area contributed by atoms with Crippen LogP contribution in [0.25, 0.3) is 0 Å². The van der Waals surface area contributed by atoms with Crippen LogP contribution in [-0.4, -0.2) is 26.3 Å². The lowest BCUT2D eigenvalue weighted by Gasteiger charge is -2.03. The van der Waals surface area contributed by atoms with Gasteiger partial charge in [-0.3, -0.25) is 15.0 Å². The van der Waals surface area contributed by atoms with E-state index < -0.39 is 0 Å². The molecule has 0 saturated heterocycles. The Balaban J connectivity index is 1.80. The minimum absolute atomic E-state index is 0.249. The predicted molar refractivity (Wildman–Crippen MR) is 70.9 cm³/mol. The number of rotatable bonds is 4. The van der Waals surface area contributed by atoms with Crippen LogP contribution in [0.3, 0.4) is 0 Å². The van der Waals surface area contributed by atoms with Gasteiger partial charge in [0, 0.05) is 11.5 Å². The van der Waals surface area contributed by atoms with Crippen LogP contribution in [-0.2, 0) is 6.42 Å². The number of H-pyrrole nitrogens is 2. The molecule has 1 aliphatic rings. The van der Waals surface area contributed by atoms with Gasteiger partial charge in [-0.1, -0.05) is 6.92 Å². The zero-order chi connectivity index (χ0) is 13.4. The Bertz CT molecular complexity index is 610. The number of amides is 1. The van der Waals surface area contributed by atoms with E-state index in [1.807, 2.05) is 6.92 Å². The molecule has 0 aliphatic heterocycles. The van der Waals surface area contributed by atoms with Gasteiger partial charge in [0.1, 0.15) is 5.82 Å². The summed E-state index contributed by atoms with van der Waals surface area (Å²) in [6, 6.07) is 0. The van der Waals surface area contributed by atoms with Crippen LogP contribution in [0.1, 0.15) is 47.4 Å². The lowest BCUT2D eigenvalue weighted by atomic mass is 10.2. The van der Waals surface area contributed by atoms with Gasteiger partial charge in [-0.05, 0) is 19.3 Å². The summed E-state index contributed by atoms with van der Waals surface area (Å²) in [5.74, 6) is 0.717. The first-order valence-electron chi connectivity index (χ1n) is 6.38. The fraction of sp³-hybridized carbons (Fsp3) is 0.417. The van der Waals surface area contributed by atoms with Crippen LogP contribution >= 0.6 is 0 Å². The van der Waals surface area contributed by atoms with Crippen LogP contribution < -0.4 is 11.1 Å². The maximum absolute atomic E-state index is 12.1. The fourth-order valence-corrected chi connectivity index (χ4v) is 2.08. The highest BCUT2D eigenvalue weighted by molar-refractivity contribution is 6.06. The Labute approximate surface area is 110 Å². The molecule has 2 aromatic heterocycles.